The number of amides is 2. The highest BCUT2D eigenvalue weighted by atomic mass is 32.1. The van der Waals surface area contributed by atoms with Gasteiger partial charge in [0.1, 0.15) is 5.82 Å². The van der Waals surface area contributed by atoms with Crippen LogP contribution < -0.4 is 4.90 Å². The van der Waals surface area contributed by atoms with Gasteiger partial charge >= 0.3 is 0 Å². The zero-order chi connectivity index (χ0) is 23.5. The van der Waals surface area contributed by atoms with Gasteiger partial charge in [-0.25, -0.2) is 0 Å². The van der Waals surface area contributed by atoms with Crippen molar-refractivity contribution in [3.63, 3.8) is 0 Å². The van der Waals surface area contributed by atoms with E-state index in [0.29, 0.717) is 23.6 Å². The van der Waals surface area contributed by atoms with Crippen molar-refractivity contribution < 1.29 is 9.59 Å². The van der Waals surface area contributed by atoms with Crippen LogP contribution >= 0.6 is 11.5 Å². The number of piperazine rings is 1. The molecule has 6 nitrogen and oxygen atoms in total. The lowest BCUT2D eigenvalue weighted by Gasteiger charge is -2.36. The second-order valence-electron chi connectivity index (χ2n) is 9.55. The highest BCUT2D eigenvalue weighted by Crippen LogP contribution is 2.30. The summed E-state index contributed by atoms with van der Waals surface area (Å²) in [4.78, 5) is 31.3. The summed E-state index contributed by atoms with van der Waals surface area (Å²) in [6.45, 7) is 8.20. The fourth-order valence-electron chi connectivity index (χ4n) is 5.16. The van der Waals surface area contributed by atoms with E-state index in [2.05, 4.69) is 41.0 Å². The predicted octanol–water partition coefficient (Wildman–Crippen LogP) is 4.91. The van der Waals surface area contributed by atoms with E-state index >= 15 is 0 Å². The maximum Gasteiger partial charge on any atom is 0.261 e. The average Bonchev–Trinajstić information content (AvgIpc) is 3.39. The van der Waals surface area contributed by atoms with Crippen LogP contribution in [0.2, 0.25) is 0 Å². The Hall–Kier alpha value is -2.77. The molecule has 2 aromatic carbocycles. The first kappa shape index (κ1) is 23.0. The number of carbonyl (C=O) groups excluding carboxylic acids is 2. The molecule has 1 fully saturated rings. The Kier molecular flexibility index (Phi) is 6.92. The van der Waals surface area contributed by atoms with Crippen LogP contribution in [0.5, 0.6) is 0 Å². The summed E-state index contributed by atoms with van der Waals surface area (Å²) in [7, 11) is 0. The zero-order valence-electron chi connectivity index (χ0n) is 19.8. The van der Waals surface area contributed by atoms with Crippen molar-refractivity contribution in [2.45, 2.75) is 32.6 Å². The summed E-state index contributed by atoms with van der Waals surface area (Å²) in [5.74, 6) is 1.51. The van der Waals surface area contributed by atoms with Crippen molar-refractivity contribution in [1.29, 1.82) is 0 Å². The Balaban J connectivity index is 0.999. The second kappa shape index (κ2) is 10.2. The van der Waals surface area contributed by atoms with Gasteiger partial charge in [-0.3, -0.25) is 19.4 Å². The molecule has 2 aliphatic rings. The van der Waals surface area contributed by atoms with E-state index in [0.717, 1.165) is 57.8 Å². The van der Waals surface area contributed by atoms with E-state index in [1.807, 2.05) is 12.1 Å². The summed E-state index contributed by atoms with van der Waals surface area (Å²) in [6, 6.07) is 15.6. The lowest BCUT2D eigenvalue weighted by molar-refractivity contribution is 0.0651. The third-order valence-corrected chi connectivity index (χ3v) is 7.87. The lowest BCUT2D eigenvalue weighted by Crippen LogP contribution is -2.47. The van der Waals surface area contributed by atoms with Crippen LogP contribution in [-0.2, 0) is 0 Å². The molecule has 7 heteroatoms. The van der Waals surface area contributed by atoms with Crippen LogP contribution in [0.15, 0.2) is 48.5 Å². The van der Waals surface area contributed by atoms with Crippen molar-refractivity contribution in [3.05, 3.63) is 59.7 Å². The minimum atomic E-state index is -0.140. The molecule has 3 aromatic rings. The number of hydrogen-bond acceptors (Lipinski definition) is 6. The molecule has 3 heterocycles. The van der Waals surface area contributed by atoms with Gasteiger partial charge in [-0.15, -0.1) is 0 Å². The molecule has 1 saturated heterocycles. The van der Waals surface area contributed by atoms with Crippen molar-refractivity contribution in [3.8, 4) is 0 Å². The van der Waals surface area contributed by atoms with Crippen LogP contribution in [0, 0.1) is 5.92 Å². The molecule has 0 radical (unpaired) electrons. The molecule has 0 saturated carbocycles. The number of imide groups is 1. The molecule has 0 N–H and O–H groups in total. The normalized spacial score (nSPS) is 17.6. The second-order valence-corrected chi connectivity index (χ2v) is 10.4. The van der Waals surface area contributed by atoms with E-state index in [4.69, 9.17) is 4.37 Å². The van der Waals surface area contributed by atoms with Gasteiger partial charge in [-0.2, -0.15) is 4.37 Å². The van der Waals surface area contributed by atoms with E-state index in [9.17, 15) is 9.59 Å². The van der Waals surface area contributed by atoms with E-state index < -0.39 is 0 Å². The fraction of sp³-hybridized carbons (Fsp3) is 0.444. The number of carbonyl (C=O) groups is 2. The Morgan fingerprint density at radius 2 is 1.56 bits per heavy atom. The van der Waals surface area contributed by atoms with E-state index in [1.54, 1.807) is 23.7 Å². The van der Waals surface area contributed by atoms with Crippen molar-refractivity contribution >= 4 is 39.3 Å². The molecule has 178 valence electrons. The van der Waals surface area contributed by atoms with Gasteiger partial charge in [-0.05, 0) is 54.6 Å². The minimum absolute atomic E-state index is 0.140. The van der Waals surface area contributed by atoms with E-state index in [-0.39, 0.29) is 11.8 Å². The number of unbranched alkanes of at least 4 members (excludes halogenated alkanes) is 2. The average molecular weight is 477 g/mol. The summed E-state index contributed by atoms with van der Waals surface area (Å²) < 4.78 is 5.98. The Bertz CT molecular complexity index is 1130. The molecule has 0 spiro atoms. The summed E-state index contributed by atoms with van der Waals surface area (Å²) >= 11 is 1.59. The molecule has 34 heavy (non-hydrogen) atoms. The van der Waals surface area contributed by atoms with Crippen LogP contribution in [0.4, 0.5) is 5.82 Å². The molecule has 5 rings (SSSR count). The molecule has 1 atom stereocenters. The number of fused-ring (bicyclic) bond motifs is 2. The molecule has 2 aliphatic heterocycles. The monoisotopic (exact) mass is 476 g/mol. The standard InChI is InChI=1S/C27H32N4O2S/c1-20(9-3-2-8-14-31-26(32)21-10-4-5-11-22(21)27(31)33)19-29-15-17-30(18-16-29)25-23-12-6-7-13-24(23)34-28-25/h4-7,10-13,20H,2-3,8-9,14-19H2,1H3. The van der Waals surface area contributed by atoms with Gasteiger partial charge in [0, 0.05) is 44.7 Å². The number of rotatable bonds is 9. The number of anilines is 1. The van der Waals surface area contributed by atoms with Gasteiger partial charge in [0.15, 0.2) is 0 Å². The Labute approximate surface area is 205 Å². The molecule has 0 bridgehead atoms. The first-order valence-corrected chi connectivity index (χ1v) is 13.2. The lowest BCUT2D eigenvalue weighted by atomic mass is 10.0. The zero-order valence-corrected chi connectivity index (χ0v) is 20.6. The van der Waals surface area contributed by atoms with Gasteiger partial charge in [-0.1, -0.05) is 44.0 Å². The van der Waals surface area contributed by atoms with Crippen molar-refractivity contribution in [2.75, 3.05) is 44.2 Å². The van der Waals surface area contributed by atoms with Crippen LogP contribution in [-0.4, -0.2) is 65.3 Å². The molecular formula is C27H32N4O2S. The highest BCUT2D eigenvalue weighted by Gasteiger charge is 2.34. The summed E-state index contributed by atoms with van der Waals surface area (Å²) in [6.07, 6.45) is 4.23. The fourth-order valence-corrected chi connectivity index (χ4v) is 5.95. The molecule has 0 aliphatic carbocycles. The summed E-state index contributed by atoms with van der Waals surface area (Å²) in [5, 5.41) is 1.27. The number of hydrogen-bond donors (Lipinski definition) is 0. The third-order valence-electron chi connectivity index (χ3n) is 7.06. The minimum Gasteiger partial charge on any atom is -0.353 e. The maximum atomic E-state index is 12.5. The number of aromatic nitrogens is 1. The smallest absolute Gasteiger partial charge is 0.261 e. The molecule has 1 unspecified atom stereocenters. The van der Waals surface area contributed by atoms with Gasteiger partial charge < -0.3 is 4.90 Å². The SMILES string of the molecule is CC(CCCCCN1C(=O)c2ccccc2C1=O)CN1CCN(c2nsc3ccccc23)CC1. The van der Waals surface area contributed by atoms with Crippen LogP contribution in [0.3, 0.4) is 0 Å². The van der Waals surface area contributed by atoms with Crippen molar-refractivity contribution in [1.82, 2.24) is 14.2 Å². The summed E-state index contributed by atoms with van der Waals surface area (Å²) in [5.41, 5.74) is 1.09. The van der Waals surface area contributed by atoms with Gasteiger partial charge in [0.25, 0.3) is 11.8 Å². The highest BCUT2D eigenvalue weighted by molar-refractivity contribution is 7.13. The van der Waals surface area contributed by atoms with Crippen LogP contribution in [0.1, 0.15) is 53.3 Å². The van der Waals surface area contributed by atoms with E-state index in [1.165, 1.54) is 21.4 Å². The number of benzene rings is 2. The van der Waals surface area contributed by atoms with Gasteiger partial charge in [0.05, 0.1) is 15.8 Å². The molecule has 1 aromatic heterocycles. The molecular weight excluding hydrogens is 444 g/mol. The largest absolute Gasteiger partial charge is 0.353 e. The maximum absolute atomic E-state index is 12.5. The van der Waals surface area contributed by atoms with Crippen molar-refractivity contribution in [2.24, 2.45) is 5.92 Å². The molecule has 2 amide bonds. The first-order valence-electron chi connectivity index (χ1n) is 12.4. The quantitative estimate of drug-likeness (QED) is 0.324. The topological polar surface area (TPSA) is 56.8 Å². The predicted molar refractivity (Wildman–Crippen MR) is 138 cm³/mol. The third kappa shape index (κ3) is 4.72. The van der Waals surface area contributed by atoms with Gasteiger partial charge in [0.2, 0.25) is 0 Å². The first-order chi connectivity index (χ1) is 16.6. The Morgan fingerprint density at radius 3 is 2.29 bits per heavy atom. The van der Waals surface area contributed by atoms with Crippen LogP contribution in [0.25, 0.3) is 10.1 Å². The Morgan fingerprint density at radius 1 is 0.882 bits per heavy atom. The number of nitrogens with zero attached hydrogens (tertiary/aromatic N) is 4.